The molecule has 0 fully saturated rings. The van der Waals surface area contributed by atoms with Crippen LogP contribution in [-0.4, -0.2) is 11.0 Å². The summed E-state index contributed by atoms with van der Waals surface area (Å²) in [6.07, 6.45) is 10.6. The summed E-state index contributed by atoms with van der Waals surface area (Å²) in [6.45, 7) is 3.02. The SMILES string of the molecule is CC1C=C(c2ccccc2)C=C(C[n+]2ccccc2)N1c1ccccn1. The fraction of sp³-hybridized carbons (Fsp3) is 0.130. The summed E-state index contributed by atoms with van der Waals surface area (Å²) in [5, 5.41) is 0. The minimum absolute atomic E-state index is 0.226. The molecule has 128 valence electrons. The van der Waals surface area contributed by atoms with Crippen LogP contribution >= 0.6 is 0 Å². The molecule has 0 aliphatic carbocycles. The van der Waals surface area contributed by atoms with Crippen LogP contribution in [0.5, 0.6) is 0 Å². The lowest BCUT2D eigenvalue weighted by Crippen LogP contribution is -2.42. The van der Waals surface area contributed by atoms with Crippen molar-refractivity contribution in [1.29, 1.82) is 0 Å². The zero-order chi connectivity index (χ0) is 17.8. The molecule has 3 heteroatoms. The lowest BCUT2D eigenvalue weighted by Gasteiger charge is -2.33. The molecule has 0 amide bonds. The monoisotopic (exact) mass is 340 g/mol. The summed E-state index contributed by atoms with van der Waals surface area (Å²) in [4.78, 5) is 6.90. The van der Waals surface area contributed by atoms with E-state index in [1.807, 2.05) is 24.4 Å². The first-order chi connectivity index (χ1) is 12.8. The van der Waals surface area contributed by atoms with Crippen molar-refractivity contribution in [3.63, 3.8) is 0 Å². The van der Waals surface area contributed by atoms with E-state index in [4.69, 9.17) is 0 Å². The van der Waals surface area contributed by atoms with E-state index in [0.29, 0.717) is 0 Å². The van der Waals surface area contributed by atoms with Crippen LogP contribution in [0.1, 0.15) is 12.5 Å². The molecular weight excluding hydrogens is 318 g/mol. The Morgan fingerprint density at radius 1 is 0.923 bits per heavy atom. The number of rotatable bonds is 4. The molecule has 1 aliphatic heterocycles. The third-order valence-corrected chi connectivity index (χ3v) is 4.58. The van der Waals surface area contributed by atoms with Crippen molar-refractivity contribution in [2.24, 2.45) is 0 Å². The van der Waals surface area contributed by atoms with Crippen molar-refractivity contribution in [3.05, 3.63) is 109 Å². The van der Waals surface area contributed by atoms with E-state index in [0.717, 1.165) is 12.4 Å². The van der Waals surface area contributed by atoms with Crippen LogP contribution < -0.4 is 9.47 Å². The Labute approximate surface area is 154 Å². The second kappa shape index (κ2) is 7.36. The highest BCUT2D eigenvalue weighted by molar-refractivity contribution is 5.78. The van der Waals surface area contributed by atoms with E-state index in [-0.39, 0.29) is 6.04 Å². The molecule has 26 heavy (non-hydrogen) atoms. The molecule has 0 bridgehead atoms. The first-order valence-electron chi connectivity index (χ1n) is 8.93. The molecule has 3 nitrogen and oxygen atoms in total. The highest BCUT2D eigenvalue weighted by Crippen LogP contribution is 2.30. The highest BCUT2D eigenvalue weighted by Gasteiger charge is 2.25. The number of anilines is 1. The number of aromatic nitrogens is 2. The van der Waals surface area contributed by atoms with E-state index in [9.17, 15) is 0 Å². The third kappa shape index (κ3) is 3.42. The van der Waals surface area contributed by atoms with Crippen molar-refractivity contribution in [1.82, 2.24) is 4.98 Å². The lowest BCUT2D eigenvalue weighted by molar-refractivity contribution is -0.689. The second-order valence-corrected chi connectivity index (χ2v) is 6.47. The van der Waals surface area contributed by atoms with E-state index in [1.54, 1.807) is 0 Å². The Balaban J connectivity index is 1.75. The molecular formula is C23H22N3+. The summed E-state index contributed by atoms with van der Waals surface area (Å²) in [5.74, 6) is 0.978. The van der Waals surface area contributed by atoms with Crippen molar-refractivity contribution < 1.29 is 4.57 Å². The molecule has 0 radical (unpaired) electrons. The van der Waals surface area contributed by atoms with Gasteiger partial charge >= 0.3 is 0 Å². The topological polar surface area (TPSA) is 20.0 Å². The molecule has 1 unspecified atom stereocenters. The van der Waals surface area contributed by atoms with Crippen molar-refractivity contribution >= 4 is 11.4 Å². The number of hydrogen-bond acceptors (Lipinski definition) is 2. The van der Waals surface area contributed by atoms with Crippen LogP contribution in [-0.2, 0) is 6.54 Å². The smallest absolute Gasteiger partial charge is 0.188 e. The van der Waals surface area contributed by atoms with Crippen LogP contribution in [0.25, 0.3) is 5.57 Å². The average Bonchev–Trinajstić information content (AvgIpc) is 2.70. The normalized spacial score (nSPS) is 16.8. The summed E-state index contributed by atoms with van der Waals surface area (Å²) in [5.41, 5.74) is 3.74. The van der Waals surface area contributed by atoms with Gasteiger partial charge in [0.25, 0.3) is 0 Å². The molecule has 3 aromatic rings. The molecule has 0 spiro atoms. The Bertz CT molecular complexity index is 915. The van der Waals surface area contributed by atoms with Gasteiger partial charge in [0.15, 0.2) is 18.9 Å². The fourth-order valence-corrected chi connectivity index (χ4v) is 3.40. The Hall–Kier alpha value is -3.20. The summed E-state index contributed by atoms with van der Waals surface area (Å²) in [6, 6.07) is 23.0. The Kier molecular flexibility index (Phi) is 4.61. The van der Waals surface area contributed by atoms with E-state index < -0.39 is 0 Å². The predicted octanol–water partition coefficient (Wildman–Crippen LogP) is 4.25. The quantitative estimate of drug-likeness (QED) is 0.662. The maximum Gasteiger partial charge on any atom is 0.188 e. The molecule has 2 aromatic heterocycles. The zero-order valence-electron chi connectivity index (χ0n) is 14.9. The van der Waals surface area contributed by atoms with Gasteiger partial charge in [-0.25, -0.2) is 4.98 Å². The Morgan fingerprint density at radius 2 is 1.65 bits per heavy atom. The van der Waals surface area contributed by atoms with Gasteiger partial charge in [-0.3, -0.25) is 0 Å². The number of benzene rings is 1. The van der Waals surface area contributed by atoms with Crippen molar-refractivity contribution in [3.8, 4) is 0 Å². The zero-order valence-corrected chi connectivity index (χ0v) is 14.9. The van der Waals surface area contributed by atoms with Crippen LogP contribution in [0.2, 0.25) is 0 Å². The maximum absolute atomic E-state index is 4.59. The first kappa shape index (κ1) is 16.3. The molecule has 3 heterocycles. The number of hydrogen-bond donors (Lipinski definition) is 0. The number of allylic oxidation sites excluding steroid dienone is 3. The summed E-state index contributed by atoms with van der Waals surface area (Å²) >= 11 is 0. The van der Waals surface area contributed by atoms with Gasteiger partial charge in [-0.1, -0.05) is 48.5 Å². The third-order valence-electron chi connectivity index (χ3n) is 4.58. The van der Waals surface area contributed by atoms with Gasteiger partial charge in [0.05, 0.1) is 11.7 Å². The van der Waals surface area contributed by atoms with Gasteiger partial charge < -0.3 is 4.90 Å². The van der Waals surface area contributed by atoms with Gasteiger partial charge in [-0.15, -0.1) is 0 Å². The molecule has 4 rings (SSSR count). The van der Waals surface area contributed by atoms with Gasteiger partial charge in [-0.05, 0) is 36.3 Å². The standard InChI is InChI=1S/C23H22N3/c1-19-16-21(20-10-4-2-5-11-20)17-22(18-25-14-8-3-9-15-25)26(19)23-12-6-7-13-24-23/h2-17,19H,18H2,1H3/q+1. The number of nitrogens with zero attached hydrogens (tertiary/aromatic N) is 3. The molecule has 1 aromatic carbocycles. The molecule has 0 saturated heterocycles. The summed E-state index contributed by atoms with van der Waals surface area (Å²) < 4.78 is 2.20. The van der Waals surface area contributed by atoms with Gasteiger partial charge in [-0.2, -0.15) is 4.57 Å². The first-order valence-corrected chi connectivity index (χ1v) is 8.93. The minimum atomic E-state index is 0.226. The van der Waals surface area contributed by atoms with Crippen LogP contribution in [0, 0.1) is 0 Å². The Morgan fingerprint density at radius 3 is 2.38 bits per heavy atom. The molecule has 0 saturated carbocycles. The largest absolute Gasteiger partial charge is 0.318 e. The predicted molar refractivity (Wildman–Crippen MR) is 105 cm³/mol. The van der Waals surface area contributed by atoms with E-state index in [2.05, 4.69) is 94.5 Å². The van der Waals surface area contributed by atoms with E-state index >= 15 is 0 Å². The van der Waals surface area contributed by atoms with Gasteiger partial charge in [0.2, 0.25) is 0 Å². The molecule has 1 aliphatic rings. The minimum Gasteiger partial charge on any atom is -0.318 e. The maximum atomic E-state index is 4.59. The fourth-order valence-electron chi connectivity index (χ4n) is 3.40. The second-order valence-electron chi connectivity index (χ2n) is 6.47. The van der Waals surface area contributed by atoms with Crippen LogP contribution in [0.4, 0.5) is 5.82 Å². The van der Waals surface area contributed by atoms with Crippen LogP contribution in [0.3, 0.4) is 0 Å². The van der Waals surface area contributed by atoms with E-state index in [1.165, 1.54) is 16.8 Å². The molecule has 0 N–H and O–H groups in total. The van der Waals surface area contributed by atoms with Gasteiger partial charge in [0, 0.05) is 18.3 Å². The van der Waals surface area contributed by atoms with Crippen molar-refractivity contribution in [2.75, 3.05) is 4.90 Å². The highest BCUT2D eigenvalue weighted by atomic mass is 15.2. The average molecular weight is 340 g/mol. The number of pyridine rings is 2. The lowest BCUT2D eigenvalue weighted by atomic mass is 9.97. The van der Waals surface area contributed by atoms with Crippen LogP contribution in [0.15, 0.2) is 103 Å². The molecule has 1 atom stereocenters. The van der Waals surface area contributed by atoms with Crippen molar-refractivity contribution in [2.45, 2.75) is 19.5 Å². The van der Waals surface area contributed by atoms with Gasteiger partial charge in [0.1, 0.15) is 5.82 Å². The summed E-state index contributed by atoms with van der Waals surface area (Å²) in [7, 11) is 0.